The molecule has 0 bridgehead atoms. The Bertz CT molecular complexity index is 1260. The number of para-hydroxylation sites is 1. The van der Waals surface area contributed by atoms with Crippen LogP contribution in [0.4, 0.5) is 5.69 Å². The van der Waals surface area contributed by atoms with Gasteiger partial charge in [0.25, 0.3) is 5.91 Å². The Labute approximate surface area is 231 Å². The van der Waals surface area contributed by atoms with Gasteiger partial charge in [0, 0.05) is 61.9 Å². The van der Waals surface area contributed by atoms with E-state index in [1.807, 2.05) is 12.4 Å². The molecule has 1 aliphatic rings. The molecular weight excluding hydrogens is 488 g/mol. The van der Waals surface area contributed by atoms with Crippen molar-refractivity contribution in [3.05, 3.63) is 94.3 Å². The summed E-state index contributed by atoms with van der Waals surface area (Å²) in [6.45, 7) is 11.4. The van der Waals surface area contributed by atoms with Crippen LogP contribution in [0.3, 0.4) is 0 Å². The highest BCUT2D eigenvalue weighted by atomic mass is 16.4. The number of aryl methyl sites for hydroxylation is 3. The molecule has 206 valence electrons. The normalized spacial score (nSPS) is 15.1. The van der Waals surface area contributed by atoms with Gasteiger partial charge in [-0.2, -0.15) is 0 Å². The molecule has 2 N–H and O–H groups in total. The van der Waals surface area contributed by atoms with Crippen LogP contribution in [-0.2, 0) is 6.54 Å². The molecule has 1 amide bonds. The summed E-state index contributed by atoms with van der Waals surface area (Å²) < 4.78 is 0. The summed E-state index contributed by atoms with van der Waals surface area (Å²) in [5.74, 6) is -1.12. The maximum Gasteiger partial charge on any atom is 0.335 e. The molecule has 1 fully saturated rings. The number of hydrogen-bond donors (Lipinski definition) is 2. The lowest BCUT2D eigenvalue weighted by Crippen LogP contribution is -2.48. The molecule has 1 aliphatic heterocycles. The topological polar surface area (TPSA) is 85.8 Å². The number of carboxylic acids is 1. The van der Waals surface area contributed by atoms with E-state index in [1.165, 1.54) is 16.8 Å². The fourth-order valence-electron chi connectivity index (χ4n) is 5.65. The number of carbonyl (C=O) groups is 2. The van der Waals surface area contributed by atoms with Gasteiger partial charge in [0.1, 0.15) is 0 Å². The predicted octanol–water partition coefficient (Wildman–Crippen LogP) is 5.38. The van der Waals surface area contributed by atoms with Crippen LogP contribution < -0.4 is 10.2 Å². The third kappa shape index (κ3) is 7.03. The maximum atomic E-state index is 12.9. The van der Waals surface area contributed by atoms with E-state index in [0.717, 1.165) is 38.9 Å². The van der Waals surface area contributed by atoms with Crippen molar-refractivity contribution < 1.29 is 14.7 Å². The summed E-state index contributed by atoms with van der Waals surface area (Å²) in [7, 11) is 0. The molecule has 1 atom stereocenters. The van der Waals surface area contributed by atoms with Gasteiger partial charge >= 0.3 is 5.97 Å². The summed E-state index contributed by atoms with van der Waals surface area (Å²) in [5.41, 5.74) is 5.92. The molecule has 39 heavy (non-hydrogen) atoms. The SMILES string of the molecule is Cc1ccncc1CN(c1ccccc1)C1CCN([C@H](C)CCNC(=O)c2c(C)cc(C(=O)O)cc2C)CC1. The number of benzene rings is 2. The average molecular weight is 529 g/mol. The molecule has 3 aromatic rings. The highest BCUT2D eigenvalue weighted by Crippen LogP contribution is 2.27. The highest BCUT2D eigenvalue weighted by Gasteiger charge is 2.27. The molecule has 1 aromatic heterocycles. The van der Waals surface area contributed by atoms with Crippen LogP contribution in [0.1, 0.15) is 69.2 Å². The van der Waals surface area contributed by atoms with Crippen LogP contribution in [-0.4, -0.2) is 58.6 Å². The molecule has 0 spiro atoms. The van der Waals surface area contributed by atoms with Crippen molar-refractivity contribution in [2.45, 2.75) is 65.6 Å². The summed E-state index contributed by atoms with van der Waals surface area (Å²) >= 11 is 0. The van der Waals surface area contributed by atoms with Crippen LogP contribution in [0, 0.1) is 20.8 Å². The number of aromatic nitrogens is 1. The van der Waals surface area contributed by atoms with Crippen molar-refractivity contribution in [3.8, 4) is 0 Å². The molecule has 1 saturated heterocycles. The Morgan fingerprint density at radius 2 is 1.72 bits per heavy atom. The zero-order valence-corrected chi connectivity index (χ0v) is 23.5. The second-order valence-electron chi connectivity index (χ2n) is 10.7. The second-order valence-corrected chi connectivity index (χ2v) is 10.7. The number of carboxylic acid groups (broad SMARTS) is 1. The number of rotatable bonds is 10. The number of likely N-dealkylation sites (tertiary alicyclic amines) is 1. The molecule has 0 saturated carbocycles. The smallest absolute Gasteiger partial charge is 0.335 e. The van der Waals surface area contributed by atoms with Crippen molar-refractivity contribution >= 4 is 17.6 Å². The van der Waals surface area contributed by atoms with Gasteiger partial charge in [0.2, 0.25) is 0 Å². The maximum absolute atomic E-state index is 12.9. The third-order valence-electron chi connectivity index (χ3n) is 7.99. The van der Waals surface area contributed by atoms with Crippen molar-refractivity contribution in [2.24, 2.45) is 0 Å². The van der Waals surface area contributed by atoms with E-state index in [2.05, 4.69) is 70.3 Å². The van der Waals surface area contributed by atoms with Gasteiger partial charge in [-0.25, -0.2) is 4.79 Å². The van der Waals surface area contributed by atoms with E-state index >= 15 is 0 Å². The molecule has 0 radical (unpaired) electrons. The number of amides is 1. The van der Waals surface area contributed by atoms with Gasteiger partial charge < -0.3 is 20.2 Å². The average Bonchev–Trinajstić information content (AvgIpc) is 2.92. The second kappa shape index (κ2) is 12.9. The number of aromatic carboxylic acids is 1. The lowest BCUT2D eigenvalue weighted by Gasteiger charge is -2.42. The summed E-state index contributed by atoms with van der Waals surface area (Å²) in [4.78, 5) is 33.6. The van der Waals surface area contributed by atoms with Gasteiger partial charge in [-0.15, -0.1) is 0 Å². The number of hydrogen-bond acceptors (Lipinski definition) is 5. The number of nitrogens with one attached hydrogen (secondary N) is 1. The standard InChI is InChI=1S/C32H40N4O3/c1-22-10-14-33-20-27(22)21-36(28-8-6-5-7-9-28)29-12-16-35(17-13-29)25(4)11-15-34-31(37)30-23(2)18-26(32(38)39)19-24(30)3/h5-10,14,18-20,25,29H,11-13,15-17,21H2,1-4H3,(H,34,37)(H,38,39)/t25-/m1/s1. The first-order valence-corrected chi connectivity index (χ1v) is 13.8. The minimum absolute atomic E-state index is 0.142. The summed E-state index contributed by atoms with van der Waals surface area (Å²) in [6, 6.07) is 16.7. The number of nitrogens with zero attached hydrogens (tertiary/aromatic N) is 3. The Morgan fingerprint density at radius 1 is 1.05 bits per heavy atom. The van der Waals surface area contributed by atoms with Crippen molar-refractivity contribution in [1.82, 2.24) is 15.2 Å². The van der Waals surface area contributed by atoms with E-state index in [-0.39, 0.29) is 11.5 Å². The van der Waals surface area contributed by atoms with Crippen molar-refractivity contribution in [2.75, 3.05) is 24.5 Å². The highest BCUT2D eigenvalue weighted by molar-refractivity contribution is 5.98. The zero-order valence-electron chi connectivity index (χ0n) is 23.5. The molecule has 4 rings (SSSR count). The van der Waals surface area contributed by atoms with Gasteiger partial charge in [0.05, 0.1) is 5.56 Å². The number of carbonyl (C=O) groups excluding carboxylic acids is 1. The molecular formula is C32H40N4O3. The van der Waals surface area contributed by atoms with Crippen LogP contribution in [0.25, 0.3) is 0 Å². The van der Waals surface area contributed by atoms with E-state index in [1.54, 1.807) is 26.0 Å². The first-order chi connectivity index (χ1) is 18.7. The molecule has 0 unspecified atom stereocenters. The largest absolute Gasteiger partial charge is 0.478 e. The number of pyridine rings is 1. The first-order valence-electron chi connectivity index (χ1n) is 13.8. The van der Waals surface area contributed by atoms with Crippen molar-refractivity contribution in [1.29, 1.82) is 0 Å². The summed E-state index contributed by atoms with van der Waals surface area (Å²) in [5, 5.41) is 12.3. The van der Waals surface area contributed by atoms with Gasteiger partial charge in [0.15, 0.2) is 0 Å². The van der Waals surface area contributed by atoms with E-state index in [0.29, 0.717) is 35.3 Å². The Balaban J connectivity index is 1.31. The minimum Gasteiger partial charge on any atom is -0.478 e. The summed E-state index contributed by atoms with van der Waals surface area (Å²) in [6.07, 6.45) is 6.86. The van der Waals surface area contributed by atoms with Crippen molar-refractivity contribution in [3.63, 3.8) is 0 Å². The Kier molecular flexibility index (Phi) is 9.36. The fraction of sp³-hybridized carbons (Fsp3) is 0.406. The third-order valence-corrected chi connectivity index (χ3v) is 7.99. The Morgan fingerprint density at radius 3 is 2.33 bits per heavy atom. The Hall–Kier alpha value is -3.71. The van der Waals surface area contributed by atoms with Crippen LogP contribution in [0.15, 0.2) is 60.9 Å². The monoisotopic (exact) mass is 528 g/mol. The fourth-order valence-corrected chi connectivity index (χ4v) is 5.65. The van der Waals surface area contributed by atoms with Crippen LogP contribution >= 0.6 is 0 Å². The van der Waals surface area contributed by atoms with Crippen LogP contribution in [0.5, 0.6) is 0 Å². The zero-order chi connectivity index (χ0) is 27.9. The molecule has 7 heteroatoms. The van der Waals surface area contributed by atoms with E-state index < -0.39 is 5.97 Å². The van der Waals surface area contributed by atoms with Gasteiger partial charge in [-0.3, -0.25) is 9.78 Å². The number of piperidine rings is 1. The molecule has 0 aliphatic carbocycles. The van der Waals surface area contributed by atoms with Gasteiger partial charge in [-0.1, -0.05) is 18.2 Å². The first kappa shape index (κ1) is 28.3. The molecule has 7 nitrogen and oxygen atoms in total. The molecule has 2 heterocycles. The quantitative estimate of drug-likeness (QED) is 0.367. The predicted molar refractivity (Wildman–Crippen MR) is 155 cm³/mol. The number of anilines is 1. The van der Waals surface area contributed by atoms with Crippen LogP contribution in [0.2, 0.25) is 0 Å². The lowest BCUT2D eigenvalue weighted by atomic mass is 9.98. The van der Waals surface area contributed by atoms with E-state index in [9.17, 15) is 14.7 Å². The lowest BCUT2D eigenvalue weighted by molar-refractivity contribution is 0.0696. The minimum atomic E-state index is -0.982. The van der Waals surface area contributed by atoms with E-state index in [4.69, 9.17) is 0 Å². The molecule has 2 aromatic carbocycles. The van der Waals surface area contributed by atoms with Gasteiger partial charge in [-0.05, 0) is 99.5 Å².